The summed E-state index contributed by atoms with van der Waals surface area (Å²) in [4.78, 5) is 0. The molecule has 1 atom stereocenters. The van der Waals surface area contributed by atoms with Crippen LogP contribution in [-0.4, -0.2) is 6.04 Å². The quantitative estimate of drug-likeness (QED) is 0.877. The van der Waals surface area contributed by atoms with E-state index in [0.717, 1.165) is 23.1 Å². The molecule has 1 unspecified atom stereocenters. The first kappa shape index (κ1) is 15.5. The summed E-state index contributed by atoms with van der Waals surface area (Å²) in [6.07, 6.45) is 1.45. The molecule has 0 radical (unpaired) electrons. The first-order valence-corrected chi connectivity index (χ1v) is 7.29. The Bertz CT molecular complexity index is 625. The van der Waals surface area contributed by atoms with E-state index in [1.807, 2.05) is 45.0 Å². The van der Waals surface area contributed by atoms with Gasteiger partial charge in [0.25, 0.3) is 0 Å². The van der Waals surface area contributed by atoms with Gasteiger partial charge in [-0.15, -0.1) is 0 Å². The van der Waals surface area contributed by atoms with Gasteiger partial charge in [-0.05, 0) is 49.9 Å². The molecule has 0 fully saturated rings. The zero-order valence-electron chi connectivity index (χ0n) is 12.8. The second-order valence-corrected chi connectivity index (χ2v) is 5.47. The van der Waals surface area contributed by atoms with Crippen molar-refractivity contribution in [1.82, 2.24) is 0 Å². The topological polar surface area (TPSA) is 35.2 Å². The molecule has 0 amide bonds. The van der Waals surface area contributed by atoms with Crippen LogP contribution in [0, 0.1) is 19.7 Å². The highest BCUT2D eigenvalue weighted by Crippen LogP contribution is 2.31. The van der Waals surface area contributed by atoms with Crippen LogP contribution in [0.4, 0.5) is 4.39 Å². The number of hydrogen-bond donors (Lipinski definition) is 1. The van der Waals surface area contributed by atoms with Crippen LogP contribution in [0.1, 0.15) is 30.0 Å². The lowest BCUT2D eigenvalue weighted by Crippen LogP contribution is -2.21. The fourth-order valence-electron chi connectivity index (χ4n) is 2.28. The van der Waals surface area contributed by atoms with Crippen molar-refractivity contribution < 1.29 is 9.13 Å². The lowest BCUT2D eigenvalue weighted by Gasteiger charge is -2.16. The summed E-state index contributed by atoms with van der Waals surface area (Å²) in [6.45, 7) is 6.00. The van der Waals surface area contributed by atoms with E-state index >= 15 is 0 Å². The largest absolute Gasteiger partial charge is 0.454 e. The van der Waals surface area contributed by atoms with Crippen LogP contribution in [-0.2, 0) is 6.42 Å². The van der Waals surface area contributed by atoms with Crippen LogP contribution in [0.2, 0.25) is 0 Å². The highest BCUT2D eigenvalue weighted by Gasteiger charge is 2.14. The van der Waals surface area contributed by atoms with Gasteiger partial charge in [0.1, 0.15) is 5.75 Å². The highest BCUT2D eigenvalue weighted by atomic mass is 19.1. The third kappa shape index (κ3) is 3.82. The van der Waals surface area contributed by atoms with Gasteiger partial charge in [-0.25, -0.2) is 4.39 Å². The number of rotatable bonds is 5. The Kier molecular flexibility index (Phi) is 4.97. The molecule has 2 rings (SSSR count). The van der Waals surface area contributed by atoms with Crippen molar-refractivity contribution in [3.05, 3.63) is 58.9 Å². The third-order valence-corrected chi connectivity index (χ3v) is 3.60. The zero-order chi connectivity index (χ0) is 15.4. The molecule has 0 aliphatic heterocycles. The maximum Gasteiger partial charge on any atom is 0.166 e. The number of benzene rings is 2. The number of para-hydroxylation sites is 1. The summed E-state index contributed by atoms with van der Waals surface area (Å²) in [6, 6.07) is 10.8. The molecule has 0 bridgehead atoms. The Morgan fingerprint density at radius 1 is 1.19 bits per heavy atom. The standard InChI is InChI=1S/C18H22FNO/c1-4-15(20)11-14-6-5-7-16(19)18(14)21-17-9-8-12(2)10-13(17)3/h5-10,15H,4,11,20H2,1-3H3. The van der Waals surface area contributed by atoms with E-state index in [2.05, 4.69) is 0 Å². The predicted molar refractivity (Wildman–Crippen MR) is 84.4 cm³/mol. The highest BCUT2D eigenvalue weighted by molar-refractivity contribution is 5.43. The van der Waals surface area contributed by atoms with Crippen molar-refractivity contribution >= 4 is 0 Å². The lowest BCUT2D eigenvalue weighted by molar-refractivity contribution is 0.430. The zero-order valence-corrected chi connectivity index (χ0v) is 12.8. The molecule has 0 spiro atoms. The smallest absolute Gasteiger partial charge is 0.166 e. The van der Waals surface area contributed by atoms with Crippen LogP contribution in [0.15, 0.2) is 36.4 Å². The molecular weight excluding hydrogens is 265 g/mol. The number of hydrogen-bond acceptors (Lipinski definition) is 2. The molecule has 0 heterocycles. The Hall–Kier alpha value is -1.87. The van der Waals surface area contributed by atoms with Crippen LogP contribution < -0.4 is 10.5 Å². The van der Waals surface area contributed by atoms with Crippen molar-refractivity contribution in [2.24, 2.45) is 5.73 Å². The molecule has 0 saturated heterocycles. The van der Waals surface area contributed by atoms with Gasteiger partial charge in [-0.2, -0.15) is 0 Å². The van der Waals surface area contributed by atoms with E-state index in [9.17, 15) is 4.39 Å². The second kappa shape index (κ2) is 6.72. The molecular formula is C18H22FNO. The summed E-state index contributed by atoms with van der Waals surface area (Å²) < 4.78 is 20.0. The molecule has 0 aliphatic rings. The van der Waals surface area contributed by atoms with E-state index in [0.29, 0.717) is 12.2 Å². The van der Waals surface area contributed by atoms with E-state index in [1.165, 1.54) is 6.07 Å². The molecule has 2 N–H and O–H groups in total. The molecule has 112 valence electrons. The van der Waals surface area contributed by atoms with E-state index in [1.54, 1.807) is 6.07 Å². The summed E-state index contributed by atoms with van der Waals surface area (Å²) in [5.74, 6) is 0.612. The maximum atomic E-state index is 14.1. The summed E-state index contributed by atoms with van der Waals surface area (Å²) in [7, 11) is 0. The molecule has 21 heavy (non-hydrogen) atoms. The van der Waals surface area contributed by atoms with Crippen LogP contribution in [0.3, 0.4) is 0 Å². The minimum Gasteiger partial charge on any atom is -0.454 e. The summed E-state index contributed by atoms with van der Waals surface area (Å²) >= 11 is 0. The molecule has 0 aromatic heterocycles. The molecule has 2 nitrogen and oxygen atoms in total. The van der Waals surface area contributed by atoms with E-state index < -0.39 is 0 Å². The maximum absolute atomic E-state index is 14.1. The van der Waals surface area contributed by atoms with Crippen molar-refractivity contribution in [3.8, 4) is 11.5 Å². The Labute approximate surface area is 125 Å². The SMILES string of the molecule is CCC(N)Cc1cccc(F)c1Oc1ccc(C)cc1C. The average molecular weight is 287 g/mol. The van der Waals surface area contributed by atoms with Gasteiger partial charge in [0.15, 0.2) is 11.6 Å². The fraction of sp³-hybridized carbons (Fsp3) is 0.333. The fourth-order valence-corrected chi connectivity index (χ4v) is 2.28. The van der Waals surface area contributed by atoms with Gasteiger partial charge >= 0.3 is 0 Å². The van der Waals surface area contributed by atoms with Crippen LogP contribution >= 0.6 is 0 Å². The van der Waals surface area contributed by atoms with Gasteiger partial charge in [0.05, 0.1) is 0 Å². The minimum absolute atomic E-state index is 0.00765. The van der Waals surface area contributed by atoms with Crippen molar-refractivity contribution in [1.29, 1.82) is 0 Å². The molecule has 2 aromatic carbocycles. The van der Waals surface area contributed by atoms with Gasteiger partial charge in [-0.1, -0.05) is 36.8 Å². The lowest BCUT2D eigenvalue weighted by atomic mass is 10.0. The van der Waals surface area contributed by atoms with Crippen LogP contribution in [0.25, 0.3) is 0 Å². The third-order valence-electron chi connectivity index (χ3n) is 3.60. The average Bonchev–Trinajstić information content (AvgIpc) is 2.44. The summed E-state index contributed by atoms with van der Waals surface area (Å²) in [5.41, 5.74) is 8.94. The molecule has 0 aliphatic carbocycles. The molecule has 3 heteroatoms. The minimum atomic E-state index is -0.351. The first-order chi connectivity index (χ1) is 10.0. The van der Waals surface area contributed by atoms with Crippen molar-refractivity contribution in [2.45, 2.75) is 39.7 Å². The number of nitrogens with two attached hydrogens (primary N) is 1. The number of ether oxygens (including phenoxy) is 1. The Balaban J connectivity index is 2.34. The van der Waals surface area contributed by atoms with Crippen molar-refractivity contribution in [3.63, 3.8) is 0 Å². The number of aryl methyl sites for hydroxylation is 2. The van der Waals surface area contributed by atoms with Crippen LogP contribution in [0.5, 0.6) is 11.5 Å². The molecule has 0 saturated carbocycles. The number of halogens is 1. The van der Waals surface area contributed by atoms with Gasteiger partial charge in [0.2, 0.25) is 0 Å². The predicted octanol–water partition coefficient (Wildman–Crippen LogP) is 4.51. The van der Waals surface area contributed by atoms with Gasteiger partial charge < -0.3 is 10.5 Å². The Morgan fingerprint density at radius 2 is 1.95 bits per heavy atom. The van der Waals surface area contributed by atoms with Gasteiger partial charge in [0, 0.05) is 6.04 Å². The normalized spacial score (nSPS) is 12.2. The summed E-state index contributed by atoms with van der Waals surface area (Å²) in [5, 5.41) is 0. The molecule has 2 aromatic rings. The van der Waals surface area contributed by atoms with E-state index in [-0.39, 0.29) is 17.6 Å². The Morgan fingerprint density at radius 3 is 2.62 bits per heavy atom. The monoisotopic (exact) mass is 287 g/mol. The van der Waals surface area contributed by atoms with E-state index in [4.69, 9.17) is 10.5 Å². The second-order valence-electron chi connectivity index (χ2n) is 5.47. The first-order valence-electron chi connectivity index (χ1n) is 7.29. The van der Waals surface area contributed by atoms with Gasteiger partial charge in [-0.3, -0.25) is 0 Å². The van der Waals surface area contributed by atoms with Crippen molar-refractivity contribution in [2.75, 3.05) is 0 Å².